The first-order valence-corrected chi connectivity index (χ1v) is 10.5. The summed E-state index contributed by atoms with van der Waals surface area (Å²) in [4.78, 5) is 14.1. The fraction of sp³-hybridized carbons (Fsp3) is 0.353. The third-order valence-electron chi connectivity index (χ3n) is 4.15. The lowest BCUT2D eigenvalue weighted by atomic mass is 10.1. The quantitative estimate of drug-likeness (QED) is 0.759. The Morgan fingerprint density at radius 2 is 1.81 bits per heavy atom. The Morgan fingerprint density at radius 1 is 1.12 bits per heavy atom. The molecule has 142 valence electrons. The highest BCUT2D eigenvalue weighted by Gasteiger charge is 2.26. The van der Waals surface area contributed by atoms with E-state index >= 15 is 0 Å². The molecule has 0 saturated carbocycles. The van der Waals surface area contributed by atoms with Crippen molar-refractivity contribution < 1.29 is 13.2 Å². The van der Waals surface area contributed by atoms with Crippen molar-refractivity contribution in [2.75, 3.05) is 25.0 Å². The summed E-state index contributed by atoms with van der Waals surface area (Å²) in [5.41, 5.74) is 0.912. The van der Waals surface area contributed by atoms with Crippen molar-refractivity contribution in [3.63, 3.8) is 0 Å². The van der Waals surface area contributed by atoms with Crippen LogP contribution in [0.1, 0.15) is 12.8 Å². The predicted molar refractivity (Wildman–Crippen MR) is 106 cm³/mol. The molecule has 2 aromatic rings. The first-order valence-electron chi connectivity index (χ1n) is 8.17. The lowest BCUT2D eigenvalue weighted by Gasteiger charge is -2.32. The summed E-state index contributed by atoms with van der Waals surface area (Å²) in [6.45, 7) is 1.37. The number of piperidine rings is 1. The lowest BCUT2D eigenvalue weighted by Crippen LogP contribution is -2.47. The van der Waals surface area contributed by atoms with Gasteiger partial charge in [0.05, 0.1) is 6.54 Å². The summed E-state index contributed by atoms with van der Waals surface area (Å²) < 4.78 is 27.6. The highest BCUT2D eigenvalue weighted by atomic mass is 35.5. The Labute approximate surface area is 164 Å². The van der Waals surface area contributed by atoms with Crippen molar-refractivity contribution in [3.05, 3.63) is 47.8 Å². The van der Waals surface area contributed by atoms with Gasteiger partial charge in [-0.3, -0.25) is 4.79 Å². The minimum Gasteiger partial charge on any atom is -0.376 e. The normalized spacial score (nSPS) is 15.3. The van der Waals surface area contributed by atoms with Gasteiger partial charge in [-0.2, -0.15) is 0 Å². The molecule has 9 heteroatoms. The SMILES string of the molecule is Cl.O=C(CNc1ccccc1)N1CCC(NS(=O)(=O)c2cccs2)CC1. The smallest absolute Gasteiger partial charge is 0.250 e. The number of likely N-dealkylation sites (tertiary alicyclic amines) is 1. The minimum absolute atomic E-state index is 0. The highest BCUT2D eigenvalue weighted by Crippen LogP contribution is 2.19. The van der Waals surface area contributed by atoms with Gasteiger partial charge in [-0.15, -0.1) is 23.7 Å². The number of thiophene rings is 1. The number of nitrogens with one attached hydrogen (secondary N) is 2. The van der Waals surface area contributed by atoms with Gasteiger partial charge in [0, 0.05) is 24.8 Å². The van der Waals surface area contributed by atoms with Crippen LogP contribution in [0.2, 0.25) is 0 Å². The van der Waals surface area contributed by atoms with Gasteiger partial charge in [-0.1, -0.05) is 24.3 Å². The second-order valence-electron chi connectivity index (χ2n) is 5.93. The molecule has 26 heavy (non-hydrogen) atoms. The number of benzene rings is 1. The Morgan fingerprint density at radius 3 is 2.42 bits per heavy atom. The van der Waals surface area contributed by atoms with Crippen molar-refractivity contribution in [1.29, 1.82) is 0 Å². The third-order valence-corrected chi connectivity index (χ3v) is 7.06. The van der Waals surface area contributed by atoms with Gasteiger partial charge in [-0.05, 0) is 36.4 Å². The maximum absolute atomic E-state index is 12.3. The first-order chi connectivity index (χ1) is 12.0. The molecule has 2 heterocycles. The fourth-order valence-electron chi connectivity index (χ4n) is 2.79. The number of anilines is 1. The van der Waals surface area contributed by atoms with Crippen LogP contribution in [0, 0.1) is 0 Å². The molecule has 3 rings (SSSR count). The highest BCUT2D eigenvalue weighted by molar-refractivity contribution is 7.91. The van der Waals surface area contributed by atoms with E-state index in [0.717, 1.165) is 5.69 Å². The monoisotopic (exact) mass is 415 g/mol. The lowest BCUT2D eigenvalue weighted by molar-refractivity contribution is -0.130. The minimum atomic E-state index is -3.45. The van der Waals surface area contributed by atoms with Gasteiger partial charge in [0.2, 0.25) is 15.9 Å². The van der Waals surface area contributed by atoms with E-state index in [1.54, 1.807) is 22.4 Å². The number of sulfonamides is 1. The van der Waals surface area contributed by atoms with Crippen molar-refractivity contribution in [2.24, 2.45) is 0 Å². The van der Waals surface area contributed by atoms with Crippen LogP contribution in [0.25, 0.3) is 0 Å². The number of hydrogen-bond donors (Lipinski definition) is 2. The third kappa shape index (κ3) is 5.44. The molecule has 1 saturated heterocycles. The second kappa shape index (κ2) is 9.36. The summed E-state index contributed by atoms with van der Waals surface area (Å²) in [6.07, 6.45) is 1.25. The van der Waals surface area contributed by atoms with Crippen LogP contribution in [-0.2, 0) is 14.8 Å². The van der Waals surface area contributed by atoms with E-state index in [2.05, 4.69) is 10.0 Å². The average molecular weight is 416 g/mol. The number of para-hydroxylation sites is 1. The van der Waals surface area contributed by atoms with E-state index in [1.807, 2.05) is 30.3 Å². The van der Waals surface area contributed by atoms with Crippen LogP contribution >= 0.6 is 23.7 Å². The average Bonchev–Trinajstić information content (AvgIpc) is 3.17. The molecule has 1 aromatic carbocycles. The Bertz CT molecular complexity index is 790. The molecule has 0 unspecified atom stereocenters. The number of carbonyl (C=O) groups excluding carboxylic acids is 1. The van der Waals surface area contributed by atoms with E-state index in [0.29, 0.717) is 30.1 Å². The molecule has 0 atom stereocenters. The fourth-order valence-corrected chi connectivity index (χ4v) is 5.10. The molecule has 1 aromatic heterocycles. The number of rotatable bonds is 6. The maximum Gasteiger partial charge on any atom is 0.250 e. The van der Waals surface area contributed by atoms with Crippen LogP contribution in [0.3, 0.4) is 0 Å². The number of amides is 1. The van der Waals surface area contributed by atoms with Gasteiger partial charge in [-0.25, -0.2) is 13.1 Å². The van der Waals surface area contributed by atoms with Gasteiger partial charge in [0.15, 0.2) is 0 Å². The van der Waals surface area contributed by atoms with E-state index in [-0.39, 0.29) is 30.9 Å². The Kier molecular flexibility index (Phi) is 7.45. The summed E-state index contributed by atoms with van der Waals surface area (Å²) in [5.74, 6) is 0.0309. The molecular weight excluding hydrogens is 394 g/mol. The predicted octanol–water partition coefficient (Wildman–Crippen LogP) is 2.55. The molecular formula is C17H22ClN3O3S2. The Balaban J connectivity index is 0.00000243. The zero-order chi connectivity index (χ0) is 17.7. The molecule has 2 N–H and O–H groups in total. The van der Waals surface area contributed by atoms with E-state index < -0.39 is 10.0 Å². The number of halogens is 1. The molecule has 1 fully saturated rings. The van der Waals surface area contributed by atoms with Gasteiger partial charge >= 0.3 is 0 Å². The van der Waals surface area contributed by atoms with Crippen molar-refractivity contribution >= 4 is 45.4 Å². The van der Waals surface area contributed by atoms with E-state index in [1.165, 1.54) is 11.3 Å². The van der Waals surface area contributed by atoms with Crippen LogP contribution in [0.5, 0.6) is 0 Å². The molecule has 0 bridgehead atoms. The van der Waals surface area contributed by atoms with Crippen molar-refractivity contribution in [2.45, 2.75) is 23.1 Å². The summed E-state index contributed by atoms with van der Waals surface area (Å²) >= 11 is 1.21. The van der Waals surface area contributed by atoms with Gasteiger partial charge < -0.3 is 10.2 Å². The van der Waals surface area contributed by atoms with Crippen LogP contribution in [0.4, 0.5) is 5.69 Å². The number of hydrogen-bond acceptors (Lipinski definition) is 5. The van der Waals surface area contributed by atoms with Gasteiger partial charge in [0.1, 0.15) is 4.21 Å². The van der Waals surface area contributed by atoms with Crippen molar-refractivity contribution in [1.82, 2.24) is 9.62 Å². The molecule has 1 aliphatic heterocycles. The molecule has 0 aliphatic carbocycles. The van der Waals surface area contributed by atoms with Crippen LogP contribution < -0.4 is 10.0 Å². The molecule has 1 amide bonds. The van der Waals surface area contributed by atoms with E-state index in [9.17, 15) is 13.2 Å². The largest absolute Gasteiger partial charge is 0.376 e. The summed E-state index contributed by atoms with van der Waals surface area (Å²) in [5, 5.41) is 4.85. The Hall–Kier alpha value is -1.61. The topological polar surface area (TPSA) is 78.5 Å². The van der Waals surface area contributed by atoms with Crippen LogP contribution in [0.15, 0.2) is 52.1 Å². The molecule has 6 nitrogen and oxygen atoms in total. The van der Waals surface area contributed by atoms with Crippen LogP contribution in [-0.4, -0.2) is 44.9 Å². The molecule has 0 spiro atoms. The summed E-state index contributed by atoms with van der Waals surface area (Å²) in [6, 6.07) is 12.8. The number of nitrogens with zero attached hydrogens (tertiary/aromatic N) is 1. The zero-order valence-electron chi connectivity index (χ0n) is 14.1. The molecule has 1 aliphatic rings. The van der Waals surface area contributed by atoms with E-state index in [4.69, 9.17) is 0 Å². The van der Waals surface area contributed by atoms with Crippen molar-refractivity contribution in [3.8, 4) is 0 Å². The first kappa shape index (κ1) is 20.7. The maximum atomic E-state index is 12.3. The van der Waals surface area contributed by atoms with Gasteiger partial charge in [0.25, 0.3) is 0 Å². The second-order valence-corrected chi connectivity index (χ2v) is 8.82. The zero-order valence-corrected chi connectivity index (χ0v) is 16.6. The number of carbonyl (C=O) groups is 1. The standard InChI is InChI=1S/C17H21N3O3S2.ClH/c21-16(13-18-14-5-2-1-3-6-14)20-10-8-15(9-11-20)19-25(22,23)17-7-4-12-24-17;/h1-7,12,15,18-19H,8-11,13H2;1H. The molecule has 0 radical (unpaired) electrons. The summed E-state index contributed by atoms with van der Waals surface area (Å²) in [7, 11) is -3.45.